The van der Waals surface area contributed by atoms with Crippen molar-refractivity contribution in [2.24, 2.45) is 10.9 Å². The van der Waals surface area contributed by atoms with Gasteiger partial charge < -0.3 is 15.5 Å². The average molecular weight is 451 g/mol. The number of hydrogen-bond acceptors (Lipinski definition) is 4. The molecule has 1 fully saturated rings. The Morgan fingerprint density at radius 3 is 2.70 bits per heavy atom. The Morgan fingerprint density at radius 2 is 2.17 bits per heavy atom. The Balaban J connectivity index is 0.00000264. The van der Waals surface area contributed by atoms with E-state index in [0.29, 0.717) is 18.9 Å². The molecule has 0 radical (unpaired) electrons. The van der Waals surface area contributed by atoms with Crippen LogP contribution in [0.15, 0.2) is 11.2 Å². The molecule has 0 aromatic carbocycles. The monoisotopic (exact) mass is 451 g/mol. The van der Waals surface area contributed by atoms with Gasteiger partial charge in [0.25, 0.3) is 0 Å². The van der Waals surface area contributed by atoms with Crippen molar-refractivity contribution >= 4 is 47.2 Å². The number of nitrogens with one attached hydrogen (secondary N) is 2. The number of aromatic nitrogens is 1. The number of carbonyl (C=O) groups excluding carboxylic acids is 1. The van der Waals surface area contributed by atoms with Crippen LogP contribution in [0.25, 0.3) is 0 Å². The third kappa shape index (κ3) is 6.25. The minimum absolute atomic E-state index is 0. The summed E-state index contributed by atoms with van der Waals surface area (Å²) >= 11 is 1.71. The number of rotatable bonds is 4. The number of amides is 1. The van der Waals surface area contributed by atoms with Gasteiger partial charge in [-0.1, -0.05) is 0 Å². The Kier molecular flexibility index (Phi) is 8.82. The van der Waals surface area contributed by atoms with E-state index in [9.17, 15) is 4.79 Å². The van der Waals surface area contributed by atoms with Crippen molar-refractivity contribution in [1.29, 1.82) is 0 Å². The fraction of sp³-hybridized carbons (Fsp3) is 0.667. The van der Waals surface area contributed by atoms with Crippen molar-refractivity contribution in [3.63, 3.8) is 0 Å². The molecular formula is C15H26IN5OS. The number of aliphatic imine (C=N–C) groups is 1. The highest BCUT2D eigenvalue weighted by molar-refractivity contribution is 14.0. The van der Waals surface area contributed by atoms with E-state index in [1.165, 1.54) is 4.88 Å². The molecule has 1 saturated heterocycles. The molecule has 2 rings (SSSR count). The van der Waals surface area contributed by atoms with E-state index in [-0.39, 0.29) is 29.9 Å². The zero-order valence-corrected chi connectivity index (χ0v) is 17.1. The van der Waals surface area contributed by atoms with E-state index in [4.69, 9.17) is 0 Å². The van der Waals surface area contributed by atoms with Gasteiger partial charge in [0.15, 0.2) is 5.96 Å². The lowest BCUT2D eigenvalue weighted by atomic mass is 9.93. The third-order valence-electron chi connectivity index (χ3n) is 3.95. The van der Waals surface area contributed by atoms with Crippen LogP contribution in [0.1, 0.15) is 29.1 Å². The minimum atomic E-state index is 0. The number of piperidine rings is 1. The van der Waals surface area contributed by atoms with Gasteiger partial charge in [-0.3, -0.25) is 9.79 Å². The summed E-state index contributed by atoms with van der Waals surface area (Å²) in [7, 11) is 3.51. The van der Waals surface area contributed by atoms with Crippen LogP contribution in [-0.2, 0) is 11.3 Å². The van der Waals surface area contributed by atoms with Crippen LogP contribution < -0.4 is 10.6 Å². The van der Waals surface area contributed by atoms with Crippen molar-refractivity contribution in [3.05, 3.63) is 16.1 Å². The molecule has 1 aliphatic heterocycles. The Bertz CT molecular complexity index is 526. The molecule has 1 aliphatic rings. The quantitative estimate of drug-likeness (QED) is 0.418. The highest BCUT2D eigenvalue weighted by Crippen LogP contribution is 2.20. The zero-order valence-electron chi connectivity index (χ0n) is 14.0. The van der Waals surface area contributed by atoms with E-state index in [1.807, 2.05) is 13.2 Å². The first-order chi connectivity index (χ1) is 10.6. The minimum Gasteiger partial charge on any atom is -0.359 e. The molecule has 8 heteroatoms. The maximum atomic E-state index is 11.4. The van der Waals surface area contributed by atoms with Crippen molar-refractivity contribution in [2.75, 3.05) is 27.2 Å². The highest BCUT2D eigenvalue weighted by Gasteiger charge is 2.23. The number of nitrogens with zero attached hydrogens (tertiary/aromatic N) is 3. The lowest BCUT2D eigenvalue weighted by molar-refractivity contribution is -0.121. The number of carbonyl (C=O) groups is 1. The summed E-state index contributed by atoms with van der Waals surface area (Å²) in [6.45, 7) is 4.66. The summed E-state index contributed by atoms with van der Waals surface area (Å²) in [4.78, 5) is 23.7. The number of aryl methyl sites for hydroxylation is 1. The van der Waals surface area contributed by atoms with Crippen LogP contribution in [0.2, 0.25) is 0 Å². The average Bonchev–Trinajstić information content (AvgIpc) is 2.95. The van der Waals surface area contributed by atoms with E-state index in [2.05, 4.69) is 32.4 Å². The molecule has 1 aromatic rings. The fourth-order valence-corrected chi connectivity index (χ4v) is 3.41. The second-order valence-electron chi connectivity index (χ2n) is 5.57. The van der Waals surface area contributed by atoms with Crippen LogP contribution in [-0.4, -0.2) is 48.9 Å². The van der Waals surface area contributed by atoms with Gasteiger partial charge in [0.1, 0.15) is 5.01 Å². The molecule has 0 aliphatic carbocycles. The molecule has 0 unspecified atom stereocenters. The summed E-state index contributed by atoms with van der Waals surface area (Å²) in [5, 5.41) is 7.16. The Hall–Kier alpha value is -0.900. The highest BCUT2D eigenvalue weighted by atomic mass is 127. The Labute approximate surface area is 159 Å². The first-order valence-electron chi connectivity index (χ1n) is 7.70. The molecule has 23 heavy (non-hydrogen) atoms. The van der Waals surface area contributed by atoms with Crippen molar-refractivity contribution in [3.8, 4) is 0 Å². The van der Waals surface area contributed by atoms with E-state index in [0.717, 1.165) is 36.9 Å². The zero-order chi connectivity index (χ0) is 15.9. The summed E-state index contributed by atoms with van der Waals surface area (Å²) in [6, 6.07) is 0. The number of halogens is 1. The van der Waals surface area contributed by atoms with E-state index < -0.39 is 0 Å². The van der Waals surface area contributed by atoms with Crippen LogP contribution >= 0.6 is 35.3 Å². The lowest BCUT2D eigenvalue weighted by Crippen LogP contribution is -2.45. The predicted molar refractivity (Wildman–Crippen MR) is 105 cm³/mol. The van der Waals surface area contributed by atoms with Gasteiger partial charge in [0.05, 0.1) is 6.54 Å². The van der Waals surface area contributed by atoms with Gasteiger partial charge in [-0.05, 0) is 25.7 Å². The molecule has 2 heterocycles. The van der Waals surface area contributed by atoms with Gasteiger partial charge in [-0.25, -0.2) is 4.98 Å². The molecular weight excluding hydrogens is 425 g/mol. The topological polar surface area (TPSA) is 69.6 Å². The molecule has 6 nitrogen and oxygen atoms in total. The number of thiazole rings is 1. The van der Waals surface area contributed by atoms with E-state index >= 15 is 0 Å². The number of likely N-dealkylation sites (tertiary alicyclic amines) is 1. The molecule has 2 N–H and O–H groups in total. The summed E-state index contributed by atoms with van der Waals surface area (Å²) in [5.41, 5.74) is 0. The van der Waals surface area contributed by atoms with Crippen molar-refractivity contribution in [2.45, 2.75) is 32.7 Å². The van der Waals surface area contributed by atoms with Crippen LogP contribution in [0, 0.1) is 12.8 Å². The maximum Gasteiger partial charge on any atom is 0.220 e. The van der Waals surface area contributed by atoms with Crippen LogP contribution in [0.5, 0.6) is 0 Å². The van der Waals surface area contributed by atoms with Gasteiger partial charge >= 0.3 is 0 Å². The van der Waals surface area contributed by atoms with Crippen molar-refractivity contribution in [1.82, 2.24) is 20.5 Å². The van der Waals surface area contributed by atoms with Crippen LogP contribution in [0.3, 0.4) is 0 Å². The molecule has 0 spiro atoms. The first kappa shape index (κ1) is 20.1. The van der Waals surface area contributed by atoms with Gasteiger partial charge in [-0.2, -0.15) is 0 Å². The fourth-order valence-electron chi connectivity index (χ4n) is 2.68. The SMILES string of the molecule is CN=C(NCc1ncc(C)s1)N1CCC(CC(=O)NC)CC1.I. The smallest absolute Gasteiger partial charge is 0.220 e. The molecule has 0 atom stereocenters. The third-order valence-corrected chi connectivity index (χ3v) is 4.86. The summed E-state index contributed by atoms with van der Waals surface area (Å²) in [6.07, 6.45) is 4.60. The molecule has 1 amide bonds. The molecule has 0 bridgehead atoms. The number of guanidine groups is 1. The lowest BCUT2D eigenvalue weighted by Gasteiger charge is -2.33. The normalized spacial score (nSPS) is 16.0. The Morgan fingerprint density at radius 1 is 1.48 bits per heavy atom. The van der Waals surface area contributed by atoms with Gasteiger partial charge in [0.2, 0.25) is 5.91 Å². The summed E-state index contributed by atoms with van der Waals surface area (Å²) in [5.74, 6) is 1.54. The maximum absolute atomic E-state index is 11.4. The first-order valence-corrected chi connectivity index (χ1v) is 8.51. The molecule has 130 valence electrons. The number of hydrogen-bond donors (Lipinski definition) is 2. The van der Waals surface area contributed by atoms with Gasteiger partial charge in [-0.15, -0.1) is 35.3 Å². The van der Waals surface area contributed by atoms with Crippen molar-refractivity contribution < 1.29 is 4.79 Å². The van der Waals surface area contributed by atoms with E-state index in [1.54, 1.807) is 18.4 Å². The van der Waals surface area contributed by atoms with Gasteiger partial charge in [0, 0.05) is 44.7 Å². The van der Waals surface area contributed by atoms with Crippen LogP contribution in [0.4, 0.5) is 0 Å². The summed E-state index contributed by atoms with van der Waals surface area (Å²) < 4.78 is 0. The second-order valence-corrected chi connectivity index (χ2v) is 6.89. The largest absolute Gasteiger partial charge is 0.359 e. The standard InChI is InChI=1S/C15H25N5OS.HI/c1-11-9-18-14(22-11)10-19-15(17-3)20-6-4-12(5-7-20)8-13(21)16-2;/h9,12H,4-8,10H2,1-3H3,(H,16,21)(H,17,19);1H. The molecule has 0 saturated carbocycles. The second kappa shape index (κ2) is 10.1. The predicted octanol–water partition coefficient (Wildman–Crippen LogP) is 1.99. The molecule has 1 aromatic heterocycles.